The van der Waals surface area contributed by atoms with Gasteiger partial charge in [-0.1, -0.05) is 36.4 Å². The molecule has 182 valence electrons. The molecule has 1 aliphatic rings. The molecule has 1 aromatic heterocycles. The molecule has 1 N–H and O–H groups in total. The molecule has 0 aliphatic carbocycles. The third-order valence-electron chi connectivity index (χ3n) is 5.84. The zero-order valence-corrected chi connectivity index (χ0v) is 19.9. The van der Waals surface area contributed by atoms with Gasteiger partial charge in [0.15, 0.2) is 11.5 Å². The van der Waals surface area contributed by atoms with Crippen molar-refractivity contribution in [3.8, 4) is 11.5 Å². The van der Waals surface area contributed by atoms with Crippen LogP contribution in [0.2, 0.25) is 0 Å². The number of imidazole rings is 1. The maximum absolute atomic E-state index is 13.2. The number of rotatable bonds is 10. The number of carbonyl (C=O) groups excluding carboxylic acids is 2. The predicted molar refractivity (Wildman–Crippen MR) is 131 cm³/mol. The summed E-state index contributed by atoms with van der Waals surface area (Å²) in [6.07, 6.45) is 5.87. The zero-order chi connectivity index (χ0) is 24.8. The Kier molecular flexibility index (Phi) is 7.50. The molecule has 1 fully saturated rings. The van der Waals surface area contributed by atoms with E-state index in [4.69, 9.17) is 9.47 Å². The van der Waals surface area contributed by atoms with Gasteiger partial charge >= 0.3 is 0 Å². The second-order valence-electron chi connectivity index (χ2n) is 8.08. The summed E-state index contributed by atoms with van der Waals surface area (Å²) in [7, 11) is 0. The average molecular weight is 476 g/mol. The highest BCUT2D eigenvalue weighted by Crippen LogP contribution is 2.42. The number of nitrogens with zero attached hydrogens (tertiary/aromatic N) is 3. The first kappa shape index (κ1) is 24.1. The lowest BCUT2D eigenvalue weighted by Crippen LogP contribution is -2.31. The molecule has 0 radical (unpaired) electrons. The van der Waals surface area contributed by atoms with E-state index in [9.17, 15) is 14.7 Å². The minimum Gasteiger partial charge on any atom is -0.507 e. The summed E-state index contributed by atoms with van der Waals surface area (Å²) >= 11 is 0. The van der Waals surface area contributed by atoms with Gasteiger partial charge in [-0.05, 0) is 38.0 Å². The van der Waals surface area contributed by atoms with E-state index in [1.165, 1.54) is 4.90 Å². The number of amides is 1. The summed E-state index contributed by atoms with van der Waals surface area (Å²) in [5, 5.41) is 11.2. The number of aliphatic hydroxyl groups excluding tert-OH is 1. The monoisotopic (exact) mass is 475 g/mol. The van der Waals surface area contributed by atoms with Crippen LogP contribution in [0.1, 0.15) is 37.4 Å². The molecule has 8 nitrogen and oxygen atoms in total. The van der Waals surface area contributed by atoms with Gasteiger partial charge in [-0.3, -0.25) is 9.59 Å². The maximum Gasteiger partial charge on any atom is 0.295 e. The summed E-state index contributed by atoms with van der Waals surface area (Å²) in [4.78, 5) is 31.9. The van der Waals surface area contributed by atoms with E-state index in [-0.39, 0.29) is 11.3 Å². The molecule has 0 unspecified atom stereocenters. The molecule has 1 amide bonds. The van der Waals surface area contributed by atoms with Crippen molar-refractivity contribution in [1.29, 1.82) is 0 Å². The zero-order valence-electron chi connectivity index (χ0n) is 19.9. The number of aliphatic hydroxyl groups is 1. The first-order valence-corrected chi connectivity index (χ1v) is 11.7. The topological polar surface area (TPSA) is 93.9 Å². The van der Waals surface area contributed by atoms with Gasteiger partial charge < -0.3 is 24.0 Å². The minimum atomic E-state index is -0.757. The van der Waals surface area contributed by atoms with Crippen LogP contribution in [0.25, 0.3) is 5.76 Å². The van der Waals surface area contributed by atoms with Crippen LogP contribution in [-0.2, 0) is 16.1 Å². The first-order chi connectivity index (χ1) is 17.0. The van der Waals surface area contributed by atoms with Crippen LogP contribution < -0.4 is 9.47 Å². The standard InChI is InChI=1S/C27H29N3O5/c1-3-34-21-12-11-20(17-22(21)35-4-2)24-23(25(31)19-9-6-5-7-10-19)26(32)27(33)30(24)15-8-14-29-16-13-28-18-29/h5-7,9-13,16-18,24,31H,3-4,8,14-15H2,1-2H3/b25-23+/t24-/m1/s1. The number of aromatic nitrogens is 2. The third-order valence-corrected chi connectivity index (χ3v) is 5.84. The molecule has 2 heterocycles. The van der Waals surface area contributed by atoms with Crippen LogP contribution in [-0.4, -0.2) is 51.0 Å². The Labute approximate surface area is 204 Å². The second-order valence-corrected chi connectivity index (χ2v) is 8.08. The second kappa shape index (κ2) is 10.9. The number of carbonyl (C=O) groups is 2. The SMILES string of the molecule is CCOc1ccc([C@@H]2/C(=C(\O)c3ccccc3)C(=O)C(=O)N2CCCn2ccnc2)cc1OCC. The number of aryl methyl sites for hydroxylation is 1. The number of benzene rings is 2. The molecular weight excluding hydrogens is 446 g/mol. The molecule has 1 atom stereocenters. The number of hydrogen-bond acceptors (Lipinski definition) is 6. The molecule has 2 aromatic carbocycles. The van der Waals surface area contributed by atoms with Crippen LogP contribution >= 0.6 is 0 Å². The van der Waals surface area contributed by atoms with Crippen molar-refractivity contribution in [3.63, 3.8) is 0 Å². The van der Waals surface area contributed by atoms with Crippen molar-refractivity contribution in [3.05, 3.63) is 84.0 Å². The Balaban J connectivity index is 1.77. The highest BCUT2D eigenvalue weighted by molar-refractivity contribution is 6.46. The van der Waals surface area contributed by atoms with Gasteiger partial charge in [0.1, 0.15) is 5.76 Å². The molecular formula is C27H29N3O5. The number of likely N-dealkylation sites (tertiary alicyclic amines) is 1. The Morgan fingerprint density at radius 2 is 1.74 bits per heavy atom. The number of hydrogen-bond donors (Lipinski definition) is 1. The van der Waals surface area contributed by atoms with E-state index in [0.29, 0.717) is 55.4 Å². The summed E-state index contributed by atoms with van der Waals surface area (Å²) in [5.74, 6) is -0.428. The number of ether oxygens (including phenoxy) is 2. The number of Topliss-reactive ketones (excluding diaryl/α,β-unsaturated/α-hetero) is 1. The lowest BCUT2D eigenvalue weighted by Gasteiger charge is -2.26. The van der Waals surface area contributed by atoms with Gasteiger partial charge in [0.25, 0.3) is 11.7 Å². The normalized spacial score (nSPS) is 17.1. The van der Waals surface area contributed by atoms with E-state index < -0.39 is 17.7 Å². The largest absolute Gasteiger partial charge is 0.507 e. The molecule has 8 heteroatoms. The quantitative estimate of drug-likeness (QED) is 0.268. The van der Waals surface area contributed by atoms with E-state index in [1.807, 2.05) is 36.7 Å². The van der Waals surface area contributed by atoms with E-state index in [2.05, 4.69) is 4.98 Å². The highest BCUT2D eigenvalue weighted by Gasteiger charge is 2.46. The molecule has 1 aliphatic heterocycles. The summed E-state index contributed by atoms with van der Waals surface area (Å²) in [6.45, 7) is 5.63. The summed E-state index contributed by atoms with van der Waals surface area (Å²) in [6, 6.07) is 13.4. The van der Waals surface area contributed by atoms with Gasteiger partial charge in [-0.2, -0.15) is 0 Å². The van der Waals surface area contributed by atoms with Crippen LogP contribution in [0.4, 0.5) is 0 Å². The smallest absolute Gasteiger partial charge is 0.295 e. The van der Waals surface area contributed by atoms with Crippen LogP contribution in [0.5, 0.6) is 11.5 Å². The van der Waals surface area contributed by atoms with Gasteiger partial charge in [0.05, 0.1) is 31.2 Å². The lowest BCUT2D eigenvalue weighted by molar-refractivity contribution is -0.139. The predicted octanol–water partition coefficient (Wildman–Crippen LogP) is 4.19. The Morgan fingerprint density at radius 1 is 1.00 bits per heavy atom. The summed E-state index contributed by atoms with van der Waals surface area (Å²) in [5.41, 5.74) is 1.21. The van der Waals surface area contributed by atoms with Crippen molar-refractivity contribution in [1.82, 2.24) is 14.5 Å². The molecule has 35 heavy (non-hydrogen) atoms. The maximum atomic E-state index is 13.2. The highest BCUT2D eigenvalue weighted by atomic mass is 16.5. The molecule has 4 rings (SSSR count). The van der Waals surface area contributed by atoms with Crippen molar-refractivity contribution in [2.24, 2.45) is 0 Å². The van der Waals surface area contributed by atoms with Crippen molar-refractivity contribution < 1.29 is 24.2 Å². The lowest BCUT2D eigenvalue weighted by atomic mass is 9.95. The summed E-state index contributed by atoms with van der Waals surface area (Å²) < 4.78 is 13.4. The van der Waals surface area contributed by atoms with E-state index >= 15 is 0 Å². The van der Waals surface area contributed by atoms with Crippen LogP contribution in [0, 0.1) is 0 Å². The van der Waals surface area contributed by atoms with Gasteiger partial charge in [-0.15, -0.1) is 0 Å². The first-order valence-electron chi connectivity index (χ1n) is 11.7. The number of ketones is 1. The van der Waals surface area contributed by atoms with Gasteiger partial charge in [0, 0.05) is 31.0 Å². The van der Waals surface area contributed by atoms with Crippen molar-refractivity contribution in [2.45, 2.75) is 32.9 Å². The van der Waals surface area contributed by atoms with E-state index in [0.717, 1.165) is 0 Å². The van der Waals surface area contributed by atoms with Crippen LogP contribution in [0.3, 0.4) is 0 Å². The van der Waals surface area contributed by atoms with Crippen molar-refractivity contribution >= 4 is 17.4 Å². The molecule has 3 aromatic rings. The Morgan fingerprint density at radius 3 is 2.43 bits per heavy atom. The molecule has 0 bridgehead atoms. The Bertz CT molecular complexity index is 1200. The fourth-order valence-corrected chi connectivity index (χ4v) is 4.29. The van der Waals surface area contributed by atoms with E-state index in [1.54, 1.807) is 48.9 Å². The third kappa shape index (κ3) is 5.06. The minimum absolute atomic E-state index is 0.0652. The Hall–Kier alpha value is -4.07. The van der Waals surface area contributed by atoms with Gasteiger partial charge in [0.2, 0.25) is 0 Å². The average Bonchev–Trinajstić information content (AvgIpc) is 3.48. The van der Waals surface area contributed by atoms with Crippen molar-refractivity contribution in [2.75, 3.05) is 19.8 Å². The van der Waals surface area contributed by atoms with Crippen LogP contribution in [0.15, 0.2) is 72.8 Å². The fourth-order valence-electron chi connectivity index (χ4n) is 4.29. The fraction of sp³-hybridized carbons (Fsp3) is 0.296. The molecule has 0 saturated carbocycles. The molecule has 1 saturated heterocycles. The van der Waals surface area contributed by atoms with Gasteiger partial charge in [-0.25, -0.2) is 4.98 Å². The molecule has 0 spiro atoms.